The van der Waals surface area contributed by atoms with E-state index in [1.165, 1.54) is 18.2 Å². The molecule has 0 unspecified atom stereocenters. The van der Waals surface area contributed by atoms with E-state index in [1.807, 2.05) is 6.92 Å². The highest BCUT2D eigenvalue weighted by Gasteiger charge is 2.51. The number of ether oxygens (including phenoxy) is 4. The van der Waals surface area contributed by atoms with Crippen LogP contribution < -0.4 is 32.6 Å². The monoisotopic (exact) mass is 913 g/mol. The van der Waals surface area contributed by atoms with Crippen molar-refractivity contribution in [3.63, 3.8) is 0 Å². The quantitative estimate of drug-likeness (QED) is 0.0463. The third-order valence-electron chi connectivity index (χ3n) is 11.3. The zero-order valence-electron chi connectivity index (χ0n) is 36.7. The predicted molar refractivity (Wildman–Crippen MR) is 234 cm³/mol. The molecule has 2 aromatic carbocycles. The maximum atomic E-state index is 14.1. The molecule has 0 spiro atoms. The van der Waals surface area contributed by atoms with Crippen molar-refractivity contribution in [1.82, 2.24) is 25.5 Å². The summed E-state index contributed by atoms with van der Waals surface area (Å²) in [6, 6.07) is 9.59. The van der Waals surface area contributed by atoms with E-state index >= 15 is 0 Å². The minimum absolute atomic E-state index is 0.0500. The number of anilines is 1. The smallest absolute Gasteiger partial charge is 0.508 e. The Bertz CT molecular complexity index is 2630. The molecule has 0 radical (unpaired) electrons. The van der Waals surface area contributed by atoms with Gasteiger partial charge in [-0.15, -0.1) is 0 Å². The highest BCUT2D eigenvalue weighted by atomic mass is 16.7. The number of phenolic OH excluding ortho intramolecular Hbond substituents is 1. The van der Waals surface area contributed by atoms with Gasteiger partial charge in [0, 0.05) is 28.7 Å². The Morgan fingerprint density at radius 1 is 0.970 bits per heavy atom. The highest BCUT2D eigenvalue weighted by Crippen LogP contribution is 2.42. The number of carbonyl (C=O) groups excluding carboxylic acids is 6. The third-order valence-corrected chi connectivity index (χ3v) is 11.3. The predicted octanol–water partition coefficient (Wildman–Crippen LogP) is 2.82. The van der Waals surface area contributed by atoms with Gasteiger partial charge in [0.2, 0.25) is 23.3 Å². The van der Waals surface area contributed by atoms with Crippen molar-refractivity contribution in [3.05, 3.63) is 86.7 Å². The third kappa shape index (κ3) is 10.5. The van der Waals surface area contributed by atoms with Crippen LogP contribution in [0.5, 0.6) is 5.75 Å². The summed E-state index contributed by atoms with van der Waals surface area (Å²) in [5.74, 6) is -4.59. The first-order chi connectivity index (χ1) is 31.5. The Labute approximate surface area is 377 Å². The fourth-order valence-electron chi connectivity index (χ4n) is 7.97. The number of aryl methyl sites for hydroxylation is 1. The first-order valence-electron chi connectivity index (χ1n) is 21.2. The number of benzene rings is 2. The van der Waals surface area contributed by atoms with Gasteiger partial charge in [0.1, 0.15) is 44.3 Å². The van der Waals surface area contributed by atoms with Crippen LogP contribution in [-0.2, 0) is 74.7 Å². The number of fused-ring (bicyclic) bond motifs is 5. The molecule has 4 heterocycles. The van der Waals surface area contributed by atoms with Crippen LogP contribution in [0.1, 0.15) is 74.8 Å². The summed E-state index contributed by atoms with van der Waals surface area (Å²) in [4.78, 5) is 107. The van der Waals surface area contributed by atoms with Gasteiger partial charge in [0.15, 0.2) is 0 Å². The van der Waals surface area contributed by atoms with E-state index in [1.54, 1.807) is 55.7 Å². The number of nitrogens with zero attached hydrogens (tertiary/aromatic N) is 2. The number of hydrogen-bond donors (Lipinski definition) is 7. The van der Waals surface area contributed by atoms with Crippen molar-refractivity contribution < 1.29 is 62.7 Å². The number of nitrogens with one attached hydrogen (secondary N) is 4. The fraction of sp³-hybridized carbons (Fsp3) is 0.400. The van der Waals surface area contributed by atoms with Crippen LogP contribution in [0.25, 0.3) is 22.3 Å². The topological polar surface area (TPSA) is 306 Å². The van der Waals surface area contributed by atoms with Gasteiger partial charge in [-0.1, -0.05) is 39.8 Å². The maximum Gasteiger partial charge on any atom is 0.510 e. The maximum absolute atomic E-state index is 14.1. The number of aromatic nitrogens is 2. The Kier molecular flexibility index (Phi) is 14.9. The van der Waals surface area contributed by atoms with Gasteiger partial charge in [-0.05, 0) is 79.1 Å². The van der Waals surface area contributed by atoms with E-state index in [4.69, 9.17) is 34.8 Å². The molecule has 350 valence electrons. The van der Waals surface area contributed by atoms with Gasteiger partial charge in [0.25, 0.3) is 5.56 Å². The molecule has 2 aliphatic rings. The standard InChI is InChI=1S/C45H51N7O14/c1-5-27-28-16-26(53)13-14-32(28)49-38-29(27)18-52-34(38)17-31-30(41(52)59)20-64-42(60)45(31,6-2)66-44(62)65-19-24-9-11-25(12-10-24)48-39(57)33(8-7-15-47-43(46)61)50-40(58)37(23(3)4)51-35(54)21-63-22-36(55)56/h9-14,16-17,23,33,37,53H,5-8,15,18-22H2,1-4H3,(H,48,57)(H,50,58)(H,51,54)(H,55,56)(H3,46,47,61)/t33-,37-,45-/m0/s1. The van der Waals surface area contributed by atoms with Crippen LogP contribution in [0.2, 0.25) is 0 Å². The second kappa shape index (κ2) is 20.5. The van der Waals surface area contributed by atoms with Crippen molar-refractivity contribution in [2.24, 2.45) is 11.7 Å². The molecule has 66 heavy (non-hydrogen) atoms. The van der Waals surface area contributed by atoms with Crippen molar-refractivity contribution in [3.8, 4) is 17.1 Å². The number of carbonyl (C=O) groups is 7. The molecule has 5 amide bonds. The number of esters is 1. The number of carboxylic acids is 1. The lowest BCUT2D eigenvalue weighted by molar-refractivity contribution is -0.175. The average molecular weight is 914 g/mol. The van der Waals surface area contributed by atoms with E-state index < -0.39 is 84.2 Å². The van der Waals surface area contributed by atoms with Gasteiger partial charge in [-0.3, -0.25) is 19.2 Å². The minimum atomic E-state index is -2.02. The molecule has 0 fully saturated rings. The van der Waals surface area contributed by atoms with Crippen LogP contribution in [-0.4, -0.2) is 93.5 Å². The number of carboxylic acid groups (broad SMARTS) is 1. The number of primary amides is 1. The van der Waals surface area contributed by atoms with E-state index in [2.05, 4.69) is 21.3 Å². The number of aromatic hydroxyl groups is 1. The summed E-state index contributed by atoms with van der Waals surface area (Å²) >= 11 is 0. The Hall–Kier alpha value is -7.55. The Morgan fingerprint density at radius 3 is 2.38 bits per heavy atom. The lowest BCUT2D eigenvalue weighted by atomic mass is 9.85. The van der Waals surface area contributed by atoms with E-state index in [0.717, 1.165) is 16.5 Å². The molecule has 0 bridgehead atoms. The molecule has 6 rings (SSSR count). The van der Waals surface area contributed by atoms with Gasteiger partial charge >= 0.3 is 24.1 Å². The molecular weight excluding hydrogens is 863 g/mol. The van der Waals surface area contributed by atoms with Crippen LogP contribution >= 0.6 is 0 Å². The number of urea groups is 1. The molecule has 2 aromatic heterocycles. The van der Waals surface area contributed by atoms with Crippen molar-refractivity contribution in [1.29, 1.82) is 0 Å². The number of aliphatic carboxylic acids is 1. The summed E-state index contributed by atoms with van der Waals surface area (Å²) in [5, 5.41) is 30.0. The SMILES string of the molecule is CCc1c2c(nc3ccc(O)cc13)-c1cc3c(c(=O)n1C2)COC(=O)[C@@]3(CC)OC(=O)OCc1ccc(NC(=O)[C@H](CCCNC(N)=O)NC(=O)[C@@H](NC(=O)COCC(=O)O)C(C)C)cc1. The first kappa shape index (κ1) is 47.9. The summed E-state index contributed by atoms with van der Waals surface area (Å²) in [6.07, 6.45) is -0.437. The fourth-order valence-corrected chi connectivity index (χ4v) is 7.97. The molecule has 4 aromatic rings. The molecule has 0 saturated carbocycles. The van der Waals surface area contributed by atoms with Crippen LogP contribution in [0.15, 0.2) is 53.3 Å². The van der Waals surface area contributed by atoms with Gasteiger partial charge in [-0.25, -0.2) is 24.2 Å². The van der Waals surface area contributed by atoms with Gasteiger partial charge < -0.3 is 60.7 Å². The lowest BCUT2D eigenvalue weighted by Crippen LogP contribution is -2.55. The molecular formula is C45H51N7O14. The van der Waals surface area contributed by atoms with E-state index in [9.17, 15) is 43.5 Å². The molecule has 3 atom stereocenters. The number of nitrogens with two attached hydrogens (primary N) is 1. The summed E-state index contributed by atoms with van der Waals surface area (Å²) < 4.78 is 23.0. The second-order valence-corrected chi connectivity index (χ2v) is 16.0. The zero-order chi connectivity index (χ0) is 47.9. The number of pyridine rings is 2. The van der Waals surface area contributed by atoms with Gasteiger partial charge in [-0.2, -0.15) is 0 Å². The second-order valence-electron chi connectivity index (χ2n) is 16.0. The molecule has 0 saturated heterocycles. The van der Waals surface area contributed by atoms with Crippen molar-refractivity contribution >= 4 is 58.4 Å². The molecule has 21 heteroatoms. The van der Waals surface area contributed by atoms with E-state index in [-0.39, 0.29) is 62.4 Å². The summed E-state index contributed by atoms with van der Waals surface area (Å²) in [5.41, 5.74) is 7.08. The minimum Gasteiger partial charge on any atom is -0.508 e. The summed E-state index contributed by atoms with van der Waals surface area (Å²) in [7, 11) is 0. The van der Waals surface area contributed by atoms with Crippen molar-refractivity contribution in [2.45, 2.75) is 90.8 Å². The number of phenols is 1. The number of amides is 5. The number of rotatable bonds is 19. The number of hydrogen-bond acceptors (Lipinski definition) is 14. The average Bonchev–Trinajstić information content (AvgIpc) is 3.64. The van der Waals surface area contributed by atoms with Crippen molar-refractivity contribution in [2.75, 3.05) is 25.1 Å². The van der Waals surface area contributed by atoms with Crippen LogP contribution in [0.3, 0.4) is 0 Å². The normalized spacial score (nSPS) is 15.6. The Morgan fingerprint density at radius 2 is 1.71 bits per heavy atom. The molecule has 8 N–H and O–H groups in total. The summed E-state index contributed by atoms with van der Waals surface area (Å²) in [6.45, 7) is 5.23. The number of cyclic esters (lactones) is 1. The highest BCUT2D eigenvalue weighted by molar-refractivity contribution is 5.98. The van der Waals surface area contributed by atoms with Gasteiger partial charge in [0.05, 0.1) is 29.0 Å². The van der Waals surface area contributed by atoms with E-state index in [0.29, 0.717) is 34.6 Å². The van der Waals surface area contributed by atoms with Crippen LogP contribution in [0, 0.1) is 5.92 Å². The zero-order valence-corrected chi connectivity index (χ0v) is 36.7. The van der Waals surface area contributed by atoms with Crippen LogP contribution in [0.4, 0.5) is 15.3 Å². The largest absolute Gasteiger partial charge is 0.510 e. The lowest BCUT2D eigenvalue weighted by Gasteiger charge is -2.35. The first-order valence-corrected chi connectivity index (χ1v) is 21.2. The Balaban J connectivity index is 1.13. The molecule has 21 nitrogen and oxygen atoms in total. The molecule has 2 aliphatic heterocycles. The molecule has 0 aliphatic carbocycles.